The van der Waals surface area contributed by atoms with Crippen LogP contribution in [0.2, 0.25) is 0 Å². The number of carbonyl (C=O) groups is 1. The maximum Gasteiger partial charge on any atom is 0.222 e. The minimum Gasteiger partial charge on any atom is -0.375 e. The fraction of sp³-hybridized carbons (Fsp3) is 0.929. The largest absolute Gasteiger partial charge is 0.375 e. The second kappa shape index (κ2) is 7.22. The molecule has 19 heavy (non-hydrogen) atoms. The van der Waals surface area contributed by atoms with E-state index in [9.17, 15) is 4.79 Å². The summed E-state index contributed by atoms with van der Waals surface area (Å²) >= 11 is 0. The van der Waals surface area contributed by atoms with E-state index in [0.29, 0.717) is 25.0 Å². The first-order valence-electron chi connectivity index (χ1n) is 7.48. The minimum atomic E-state index is 0.0458. The van der Waals surface area contributed by atoms with Gasteiger partial charge in [-0.15, -0.1) is 0 Å². The predicted molar refractivity (Wildman–Crippen MR) is 75.1 cm³/mol. The molecule has 5 nitrogen and oxygen atoms in total. The molecule has 0 aromatic heterocycles. The first-order chi connectivity index (χ1) is 9.15. The predicted octanol–water partition coefficient (Wildman–Crippen LogP) is 0.211. The van der Waals surface area contributed by atoms with Crippen LogP contribution in [0.25, 0.3) is 0 Å². The Kier molecular flexibility index (Phi) is 5.60. The van der Waals surface area contributed by atoms with Gasteiger partial charge in [-0.05, 0) is 32.7 Å². The van der Waals surface area contributed by atoms with Gasteiger partial charge in [-0.25, -0.2) is 0 Å². The fourth-order valence-electron chi connectivity index (χ4n) is 2.79. The maximum absolute atomic E-state index is 11.9. The van der Waals surface area contributed by atoms with Gasteiger partial charge in [-0.2, -0.15) is 0 Å². The Balaban J connectivity index is 1.61. The molecule has 2 aliphatic heterocycles. The molecule has 5 heteroatoms. The summed E-state index contributed by atoms with van der Waals surface area (Å²) in [5.41, 5.74) is 0. The van der Waals surface area contributed by atoms with Crippen molar-refractivity contribution < 1.29 is 9.53 Å². The molecule has 0 bridgehead atoms. The van der Waals surface area contributed by atoms with Crippen LogP contribution in [0.15, 0.2) is 0 Å². The molecule has 2 aliphatic rings. The van der Waals surface area contributed by atoms with Gasteiger partial charge in [0.2, 0.25) is 5.91 Å². The molecule has 2 unspecified atom stereocenters. The normalized spacial score (nSPS) is 28.8. The number of morpholine rings is 1. The lowest BCUT2D eigenvalue weighted by Gasteiger charge is -2.23. The van der Waals surface area contributed by atoms with Gasteiger partial charge >= 0.3 is 0 Å². The molecular weight excluding hydrogens is 242 g/mol. The van der Waals surface area contributed by atoms with Crippen molar-refractivity contribution in [3.8, 4) is 0 Å². The van der Waals surface area contributed by atoms with Crippen LogP contribution in [-0.2, 0) is 9.53 Å². The van der Waals surface area contributed by atoms with Crippen molar-refractivity contribution in [3.63, 3.8) is 0 Å². The van der Waals surface area contributed by atoms with E-state index in [1.165, 1.54) is 6.42 Å². The number of likely N-dealkylation sites (tertiary alicyclic amines) is 1. The summed E-state index contributed by atoms with van der Waals surface area (Å²) in [5, 5.41) is 6.30. The standard InChI is InChI=1S/C14H27N3O2/c1-11(2)17-5-3-12(10-17)8-16-14(18)7-13-9-15-4-6-19-13/h11-13,15H,3-10H2,1-2H3,(H,16,18). The van der Waals surface area contributed by atoms with Crippen LogP contribution in [0.4, 0.5) is 0 Å². The second-order valence-electron chi connectivity index (χ2n) is 5.95. The molecule has 2 rings (SSSR count). The van der Waals surface area contributed by atoms with E-state index in [2.05, 4.69) is 29.4 Å². The summed E-state index contributed by atoms with van der Waals surface area (Å²) in [4.78, 5) is 14.3. The van der Waals surface area contributed by atoms with Crippen LogP contribution in [0, 0.1) is 5.92 Å². The topological polar surface area (TPSA) is 53.6 Å². The Morgan fingerprint density at radius 1 is 1.53 bits per heavy atom. The number of nitrogens with one attached hydrogen (secondary N) is 2. The first kappa shape index (κ1) is 14.8. The van der Waals surface area contributed by atoms with Crippen LogP contribution >= 0.6 is 0 Å². The lowest BCUT2D eigenvalue weighted by Crippen LogP contribution is -2.42. The van der Waals surface area contributed by atoms with E-state index in [1.54, 1.807) is 0 Å². The van der Waals surface area contributed by atoms with Crippen LogP contribution in [0.5, 0.6) is 0 Å². The molecule has 0 radical (unpaired) electrons. The van der Waals surface area contributed by atoms with E-state index < -0.39 is 0 Å². The summed E-state index contributed by atoms with van der Waals surface area (Å²) in [6.07, 6.45) is 1.72. The molecule has 0 spiro atoms. The Hall–Kier alpha value is -0.650. The smallest absolute Gasteiger partial charge is 0.222 e. The molecule has 110 valence electrons. The van der Waals surface area contributed by atoms with Crippen molar-refractivity contribution >= 4 is 5.91 Å². The zero-order valence-corrected chi connectivity index (χ0v) is 12.2. The third-order valence-corrected chi connectivity index (χ3v) is 4.05. The van der Waals surface area contributed by atoms with Crippen molar-refractivity contribution in [2.75, 3.05) is 39.3 Å². The second-order valence-corrected chi connectivity index (χ2v) is 5.95. The van der Waals surface area contributed by atoms with Gasteiger partial charge in [-0.1, -0.05) is 0 Å². The van der Waals surface area contributed by atoms with Crippen molar-refractivity contribution in [2.24, 2.45) is 5.92 Å². The molecule has 1 amide bonds. The molecule has 2 fully saturated rings. The number of hydrogen-bond acceptors (Lipinski definition) is 4. The van der Waals surface area contributed by atoms with Crippen LogP contribution in [-0.4, -0.2) is 62.3 Å². The Morgan fingerprint density at radius 2 is 2.37 bits per heavy atom. The van der Waals surface area contributed by atoms with E-state index in [0.717, 1.165) is 32.7 Å². The number of ether oxygens (including phenoxy) is 1. The number of nitrogens with zero attached hydrogens (tertiary/aromatic N) is 1. The number of rotatable bonds is 5. The van der Waals surface area contributed by atoms with E-state index >= 15 is 0 Å². The lowest BCUT2D eigenvalue weighted by molar-refractivity contribution is -0.124. The van der Waals surface area contributed by atoms with Gasteiger partial charge in [0.1, 0.15) is 0 Å². The molecule has 2 N–H and O–H groups in total. The van der Waals surface area contributed by atoms with Gasteiger partial charge in [0.05, 0.1) is 19.1 Å². The summed E-state index contributed by atoms with van der Waals surface area (Å²) in [6.45, 7) is 9.94. The molecule has 0 aliphatic carbocycles. The van der Waals surface area contributed by atoms with Crippen molar-refractivity contribution in [3.05, 3.63) is 0 Å². The van der Waals surface area contributed by atoms with Crippen LogP contribution < -0.4 is 10.6 Å². The monoisotopic (exact) mass is 269 g/mol. The molecule has 0 aromatic carbocycles. The van der Waals surface area contributed by atoms with Gasteiger partial charge in [0.15, 0.2) is 0 Å². The maximum atomic E-state index is 11.9. The molecule has 2 saturated heterocycles. The average molecular weight is 269 g/mol. The highest BCUT2D eigenvalue weighted by Crippen LogP contribution is 2.17. The van der Waals surface area contributed by atoms with Crippen LogP contribution in [0.1, 0.15) is 26.7 Å². The highest BCUT2D eigenvalue weighted by atomic mass is 16.5. The molecule has 2 atom stereocenters. The number of hydrogen-bond donors (Lipinski definition) is 2. The zero-order valence-electron chi connectivity index (χ0n) is 12.2. The fourth-order valence-corrected chi connectivity index (χ4v) is 2.79. The highest BCUT2D eigenvalue weighted by Gasteiger charge is 2.25. The summed E-state index contributed by atoms with van der Waals surface area (Å²) in [7, 11) is 0. The Bertz CT molecular complexity index is 290. The van der Waals surface area contributed by atoms with E-state index in [1.807, 2.05) is 0 Å². The summed E-state index contributed by atoms with van der Waals surface area (Å²) in [6, 6.07) is 0.613. The van der Waals surface area contributed by atoms with Gasteiger partial charge in [-0.3, -0.25) is 4.79 Å². The van der Waals surface area contributed by atoms with Gasteiger partial charge in [0.25, 0.3) is 0 Å². The third-order valence-electron chi connectivity index (χ3n) is 4.05. The molecule has 2 heterocycles. The molecule has 0 aromatic rings. The van der Waals surface area contributed by atoms with Gasteiger partial charge < -0.3 is 20.3 Å². The summed E-state index contributed by atoms with van der Waals surface area (Å²) in [5.74, 6) is 0.730. The minimum absolute atomic E-state index is 0.0458. The third kappa shape index (κ3) is 4.75. The van der Waals surface area contributed by atoms with E-state index in [4.69, 9.17) is 4.74 Å². The quantitative estimate of drug-likeness (QED) is 0.749. The summed E-state index contributed by atoms with van der Waals surface area (Å²) < 4.78 is 5.54. The number of carbonyl (C=O) groups excluding carboxylic acids is 1. The van der Waals surface area contributed by atoms with Crippen LogP contribution in [0.3, 0.4) is 0 Å². The van der Waals surface area contributed by atoms with E-state index in [-0.39, 0.29) is 12.0 Å². The first-order valence-corrected chi connectivity index (χ1v) is 7.48. The lowest BCUT2D eigenvalue weighted by atomic mass is 10.1. The number of amides is 1. The molecular formula is C14H27N3O2. The van der Waals surface area contributed by atoms with Crippen molar-refractivity contribution in [1.82, 2.24) is 15.5 Å². The Labute approximate surface area is 116 Å². The van der Waals surface area contributed by atoms with Crippen molar-refractivity contribution in [2.45, 2.75) is 38.8 Å². The molecule has 0 saturated carbocycles. The zero-order chi connectivity index (χ0) is 13.7. The van der Waals surface area contributed by atoms with Gasteiger partial charge in [0, 0.05) is 32.2 Å². The average Bonchev–Trinajstić information content (AvgIpc) is 2.86. The Morgan fingerprint density at radius 3 is 3.00 bits per heavy atom. The SMILES string of the molecule is CC(C)N1CCC(CNC(=O)CC2CNCCO2)C1. The van der Waals surface area contributed by atoms with Crippen molar-refractivity contribution in [1.29, 1.82) is 0 Å². The highest BCUT2D eigenvalue weighted by molar-refractivity contribution is 5.76.